The molecular weight excluding hydrogens is 366 g/mol. The minimum atomic E-state index is -0.225. The van der Waals surface area contributed by atoms with Gasteiger partial charge in [-0.05, 0) is 43.3 Å². The molecule has 0 saturated carbocycles. The molecule has 27 heavy (non-hydrogen) atoms. The second kappa shape index (κ2) is 10.5. The molecule has 0 heterocycles. The zero-order valence-corrected chi connectivity index (χ0v) is 16.3. The van der Waals surface area contributed by atoms with Gasteiger partial charge in [0.2, 0.25) is 11.8 Å². The highest BCUT2D eigenvalue weighted by atomic mass is 35.5. The van der Waals surface area contributed by atoms with Gasteiger partial charge in [-0.25, -0.2) is 0 Å². The summed E-state index contributed by atoms with van der Waals surface area (Å²) in [6.45, 7) is 0.764. The molecule has 0 atom stereocenters. The van der Waals surface area contributed by atoms with Gasteiger partial charge in [0.1, 0.15) is 5.75 Å². The lowest BCUT2D eigenvalue weighted by Crippen LogP contribution is -2.39. The number of ether oxygens (including phenoxy) is 1. The number of nitrogens with one attached hydrogen (secondary N) is 2. The van der Waals surface area contributed by atoms with Gasteiger partial charge in [0, 0.05) is 6.54 Å². The Labute approximate surface area is 164 Å². The lowest BCUT2D eigenvalue weighted by atomic mass is 10.1. The topological polar surface area (TPSA) is 70.7 Å². The summed E-state index contributed by atoms with van der Waals surface area (Å²) >= 11 is 6.01. The standard InChI is InChI=1S/C20H24ClN3O3/c1-24(14-20(26)23-18-6-4-3-5-17(18)21)13-19(25)22-12-11-15-7-9-16(27-2)10-8-15/h3-10H,11-14H2,1-2H3,(H,22,25)(H,23,26). The van der Waals surface area contributed by atoms with Crippen molar-refractivity contribution in [2.24, 2.45) is 0 Å². The molecule has 2 rings (SSSR count). The third-order valence-electron chi connectivity index (χ3n) is 3.87. The average molecular weight is 390 g/mol. The first-order chi connectivity index (χ1) is 13.0. The van der Waals surface area contributed by atoms with Gasteiger partial charge < -0.3 is 15.4 Å². The number of carbonyl (C=O) groups is 2. The first-order valence-electron chi connectivity index (χ1n) is 8.60. The lowest BCUT2D eigenvalue weighted by molar-refractivity contribution is -0.122. The molecule has 7 heteroatoms. The summed E-state index contributed by atoms with van der Waals surface area (Å²) < 4.78 is 5.12. The molecular formula is C20H24ClN3O3. The van der Waals surface area contributed by atoms with Crippen LogP contribution < -0.4 is 15.4 Å². The Morgan fingerprint density at radius 1 is 1.04 bits per heavy atom. The molecule has 144 valence electrons. The summed E-state index contributed by atoms with van der Waals surface area (Å²) in [6.07, 6.45) is 0.729. The molecule has 0 bridgehead atoms. The lowest BCUT2D eigenvalue weighted by Gasteiger charge is -2.16. The molecule has 0 aliphatic heterocycles. The van der Waals surface area contributed by atoms with Crippen molar-refractivity contribution in [1.29, 1.82) is 0 Å². The van der Waals surface area contributed by atoms with E-state index < -0.39 is 0 Å². The molecule has 0 radical (unpaired) electrons. The Morgan fingerprint density at radius 2 is 1.70 bits per heavy atom. The monoisotopic (exact) mass is 389 g/mol. The van der Waals surface area contributed by atoms with Gasteiger partial charge in [-0.3, -0.25) is 14.5 Å². The molecule has 0 aliphatic rings. The number of rotatable bonds is 9. The maximum atomic E-state index is 12.1. The quantitative estimate of drug-likeness (QED) is 0.691. The van der Waals surface area contributed by atoms with Crippen LogP contribution in [0.3, 0.4) is 0 Å². The van der Waals surface area contributed by atoms with Crippen molar-refractivity contribution >= 4 is 29.1 Å². The zero-order chi connectivity index (χ0) is 19.6. The highest BCUT2D eigenvalue weighted by Gasteiger charge is 2.11. The van der Waals surface area contributed by atoms with E-state index >= 15 is 0 Å². The highest BCUT2D eigenvalue weighted by molar-refractivity contribution is 6.33. The molecule has 2 aromatic rings. The highest BCUT2D eigenvalue weighted by Crippen LogP contribution is 2.20. The fourth-order valence-corrected chi connectivity index (χ4v) is 2.68. The van der Waals surface area contributed by atoms with Crippen LogP contribution in [0.2, 0.25) is 5.02 Å². The minimum absolute atomic E-state index is 0.0944. The van der Waals surface area contributed by atoms with Crippen LogP contribution in [0.5, 0.6) is 5.75 Å². The molecule has 2 amide bonds. The van der Waals surface area contributed by atoms with E-state index in [9.17, 15) is 9.59 Å². The Kier molecular flexibility index (Phi) is 8.10. The van der Waals surface area contributed by atoms with E-state index in [1.165, 1.54) is 0 Å². The van der Waals surface area contributed by atoms with E-state index in [4.69, 9.17) is 16.3 Å². The predicted octanol–water partition coefficient (Wildman–Crippen LogP) is 2.58. The van der Waals surface area contributed by atoms with Crippen LogP contribution >= 0.6 is 11.6 Å². The normalized spacial score (nSPS) is 10.5. The van der Waals surface area contributed by atoms with Crippen LogP contribution in [0.25, 0.3) is 0 Å². The van der Waals surface area contributed by atoms with Crippen molar-refractivity contribution in [2.45, 2.75) is 6.42 Å². The van der Waals surface area contributed by atoms with E-state index in [0.29, 0.717) is 17.3 Å². The van der Waals surface area contributed by atoms with E-state index in [1.54, 1.807) is 43.3 Å². The molecule has 0 fully saturated rings. The summed E-state index contributed by atoms with van der Waals surface area (Å²) in [5.74, 6) is 0.452. The van der Waals surface area contributed by atoms with E-state index in [2.05, 4.69) is 10.6 Å². The fourth-order valence-electron chi connectivity index (χ4n) is 2.49. The Morgan fingerprint density at radius 3 is 2.37 bits per heavy atom. The fraction of sp³-hybridized carbons (Fsp3) is 0.300. The number of benzene rings is 2. The molecule has 2 N–H and O–H groups in total. The second-order valence-electron chi connectivity index (χ2n) is 6.15. The number of hydrogen-bond donors (Lipinski definition) is 2. The third-order valence-corrected chi connectivity index (χ3v) is 4.20. The van der Waals surface area contributed by atoms with Crippen molar-refractivity contribution < 1.29 is 14.3 Å². The van der Waals surface area contributed by atoms with Gasteiger partial charge in [-0.2, -0.15) is 0 Å². The predicted molar refractivity (Wildman–Crippen MR) is 107 cm³/mol. The van der Waals surface area contributed by atoms with Gasteiger partial charge in [0.05, 0.1) is 30.9 Å². The molecule has 0 aliphatic carbocycles. The van der Waals surface area contributed by atoms with Crippen LogP contribution in [-0.2, 0) is 16.0 Å². The van der Waals surface area contributed by atoms with Crippen LogP contribution in [0.4, 0.5) is 5.69 Å². The minimum Gasteiger partial charge on any atom is -0.497 e. The van der Waals surface area contributed by atoms with Crippen LogP contribution in [-0.4, -0.2) is 50.5 Å². The number of nitrogens with zero attached hydrogens (tertiary/aromatic N) is 1. The van der Waals surface area contributed by atoms with Gasteiger partial charge >= 0.3 is 0 Å². The number of amides is 2. The SMILES string of the molecule is COc1ccc(CCNC(=O)CN(C)CC(=O)Nc2ccccc2Cl)cc1. The number of para-hydroxylation sites is 1. The Bertz CT molecular complexity index is 765. The van der Waals surface area contributed by atoms with Gasteiger partial charge in [-0.15, -0.1) is 0 Å². The van der Waals surface area contributed by atoms with Crippen molar-refractivity contribution in [2.75, 3.05) is 39.1 Å². The van der Waals surface area contributed by atoms with Crippen molar-refractivity contribution in [3.63, 3.8) is 0 Å². The molecule has 2 aromatic carbocycles. The molecule has 6 nitrogen and oxygen atoms in total. The van der Waals surface area contributed by atoms with Crippen LogP contribution in [0.1, 0.15) is 5.56 Å². The summed E-state index contributed by atoms with van der Waals surface area (Å²) in [6, 6.07) is 14.7. The van der Waals surface area contributed by atoms with Crippen molar-refractivity contribution in [3.05, 3.63) is 59.1 Å². The van der Waals surface area contributed by atoms with Crippen LogP contribution in [0.15, 0.2) is 48.5 Å². The number of anilines is 1. The molecule has 0 unspecified atom stereocenters. The average Bonchev–Trinajstić information content (AvgIpc) is 2.64. The maximum Gasteiger partial charge on any atom is 0.238 e. The number of likely N-dealkylation sites (N-methyl/N-ethyl adjacent to an activating group) is 1. The van der Waals surface area contributed by atoms with E-state index in [0.717, 1.165) is 17.7 Å². The zero-order valence-electron chi connectivity index (χ0n) is 15.5. The maximum absolute atomic E-state index is 12.1. The van der Waals surface area contributed by atoms with E-state index in [1.807, 2.05) is 24.3 Å². The van der Waals surface area contributed by atoms with Gasteiger partial charge in [0.15, 0.2) is 0 Å². The molecule has 0 saturated heterocycles. The number of hydrogen-bond acceptors (Lipinski definition) is 4. The third kappa shape index (κ3) is 7.29. The summed E-state index contributed by atoms with van der Waals surface area (Å²) in [7, 11) is 3.34. The summed E-state index contributed by atoms with van der Waals surface area (Å²) in [5, 5.41) is 6.07. The Hall–Kier alpha value is -2.57. The first kappa shape index (κ1) is 20.7. The molecule has 0 spiro atoms. The van der Waals surface area contributed by atoms with Crippen molar-refractivity contribution in [1.82, 2.24) is 10.2 Å². The number of methoxy groups -OCH3 is 1. The van der Waals surface area contributed by atoms with Gasteiger partial charge in [0.25, 0.3) is 0 Å². The first-order valence-corrected chi connectivity index (χ1v) is 8.98. The summed E-state index contributed by atoms with van der Waals surface area (Å²) in [4.78, 5) is 25.7. The van der Waals surface area contributed by atoms with E-state index in [-0.39, 0.29) is 24.9 Å². The van der Waals surface area contributed by atoms with Crippen molar-refractivity contribution in [3.8, 4) is 5.75 Å². The Balaban J connectivity index is 1.68. The largest absolute Gasteiger partial charge is 0.497 e. The molecule has 0 aromatic heterocycles. The smallest absolute Gasteiger partial charge is 0.238 e. The number of halogens is 1. The second-order valence-corrected chi connectivity index (χ2v) is 6.56. The van der Waals surface area contributed by atoms with Gasteiger partial charge in [-0.1, -0.05) is 35.9 Å². The van der Waals surface area contributed by atoms with Crippen LogP contribution in [0, 0.1) is 0 Å². The summed E-state index contributed by atoms with van der Waals surface area (Å²) in [5.41, 5.74) is 1.67. The number of carbonyl (C=O) groups excluding carboxylic acids is 2.